The third-order valence-electron chi connectivity index (χ3n) is 4.22. The van der Waals surface area contributed by atoms with E-state index < -0.39 is 5.97 Å². The van der Waals surface area contributed by atoms with Gasteiger partial charge in [0.2, 0.25) is 0 Å². The van der Waals surface area contributed by atoms with E-state index in [4.69, 9.17) is 14.2 Å². The Hall–Kier alpha value is -3.86. The lowest BCUT2D eigenvalue weighted by Gasteiger charge is -2.10. The molecule has 0 radical (unpaired) electrons. The van der Waals surface area contributed by atoms with E-state index in [0.717, 1.165) is 5.56 Å². The van der Waals surface area contributed by atoms with Crippen LogP contribution in [0.1, 0.15) is 26.3 Å². The van der Waals surface area contributed by atoms with Gasteiger partial charge in [-0.05, 0) is 42.5 Å². The van der Waals surface area contributed by atoms with E-state index in [1.165, 1.54) is 19.3 Å². The molecule has 0 fully saturated rings. The highest BCUT2D eigenvalue weighted by Crippen LogP contribution is 2.27. The van der Waals surface area contributed by atoms with E-state index in [2.05, 4.69) is 0 Å². The number of ether oxygens (including phenoxy) is 3. The molecule has 0 N–H and O–H groups in total. The van der Waals surface area contributed by atoms with Gasteiger partial charge in [-0.15, -0.1) is 0 Å². The lowest BCUT2D eigenvalue weighted by Crippen LogP contribution is -2.11. The molecular weight excluding hydrogens is 368 g/mol. The Morgan fingerprint density at radius 1 is 0.793 bits per heavy atom. The summed E-state index contributed by atoms with van der Waals surface area (Å²) in [6.07, 6.45) is 3.08. The lowest BCUT2D eigenvalue weighted by molar-refractivity contribution is 0.0733. The van der Waals surface area contributed by atoms with Crippen molar-refractivity contribution in [3.63, 3.8) is 0 Å². The van der Waals surface area contributed by atoms with E-state index in [1.807, 2.05) is 24.3 Å². The predicted octanol–water partition coefficient (Wildman–Crippen LogP) is 4.82. The number of methoxy groups -OCH3 is 2. The van der Waals surface area contributed by atoms with Gasteiger partial charge in [-0.1, -0.05) is 36.4 Å². The zero-order chi connectivity index (χ0) is 20.6. The molecular formula is C24H20O5. The van der Waals surface area contributed by atoms with Crippen LogP contribution in [0.2, 0.25) is 0 Å². The first-order valence-electron chi connectivity index (χ1n) is 8.93. The summed E-state index contributed by atoms with van der Waals surface area (Å²) in [5.74, 6) is 0.400. The predicted molar refractivity (Wildman–Crippen MR) is 111 cm³/mol. The van der Waals surface area contributed by atoms with Crippen LogP contribution in [-0.4, -0.2) is 26.0 Å². The Kier molecular flexibility index (Phi) is 6.43. The number of para-hydroxylation sites is 1. The minimum atomic E-state index is -0.554. The highest BCUT2D eigenvalue weighted by atomic mass is 16.5. The van der Waals surface area contributed by atoms with E-state index in [1.54, 1.807) is 55.7 Å². The van der Waals surface area contributed by atoms with Crippen LogP contribution in [0.3, 0.4) is 0 Å². The van der Waals surface area contributed by atoms with E-state index in [-0.39, 0.29) is 17.1 Å². The number of esters is 1. The first-order valence-corrected chi connectivity index (χ1v) is 8.93. The number of hydrogen-bond donors (Lipinski definition) is 0. The van der Waals surface area contributed by atoms with Gasteiger partial charge in [0.05, 0.1) is 25.3 Å². The fourth-order valence-electron chi connectivity index (χ4n) is 2.71. The second-order valence-electron chi connectivity index (χ2n) is 6.06. The Balaban J connectivity index is 1.89. The quantitative estimate of drug-likeness (QED) is 0.251. The number of carbonyl (C=O) groups excluding carboxylic acids is 2. The van der Waals surface area contributed by atoms with Gasteiger partial charge in [0, 0.05) is 11.6 Å². The summed E-state index contributed by atoms with van der Waals surface area (Å²) in [5.41, 5.74) is 1.40. The van der Waals surface area contributed by atoms with Crippen molar-refractivity contribution in [2.75, 3.05) is 14.2 Å². The molecule has 0 amide bonds. The zero-order valence-corrected chi connectivity index (χ0v) is 16.1. The average molecular weight is 388 g/mol. The van der Waals surface area contributed by atoms with Crippen molar-refractivity contribution in [1.29, 1.82) is 0 Å². The van der Waals surface area contributed by atoms with Crippen molar-refractivity contribution in [2.45, 2.75) is 0 Å². The van der Waals surface area contributed by atoms with Crippen LogP contribution in [0.25, 0.3) is 6.08 Å². The number of allylic oxidation sites excluding steroid dienone is 1. The standard InChI is InChI=1S/C24H20O5/c1-27-19-13-14-20(21(25)15-12-17-8-6-7-11-22(17)28-2)23(16-19)29-24(26)18-9-4-3-5-10-18/h3-16H,1-2H3/b15-12+. The number of ketones is 1. The molecule has 0 atom stereocenters. The van der Waals surface area contributed by atoms with E-state index in [0.29, 0.717) is 17.1 Å². The van der Waals surface area contributed by atoms with E-state index in [9.17, 15) is 9.59 Å². The Labute approximate surface area is 169 Å². The molecule has 0 unspecified atom stereocenters. The van der Waals surface area contributed by atoms with Crippen LogP contribution in [-0.2, 0) is 0 Å². The van der Waals surface area contributed by atoms with Gasteiger partial charge in [-0.25, -0.2) is 4.79 Å². The first-order chi connectivity index (χ1) is 14.1. The Bertz CT molecular complexity index is 1040. The van der Waals surface area contributed by atoms with Gasteiger partial charge in [0.1, 0.15) is 17.2 Å². The molecule has 0 saturated heterocycles. The molecule has 0 aliphatic rings. The maximum atomic E-state index is 12.8. The van der Waals surface area contributed by atoms with Gasteiger partial charge >= 0.3 is 5.97 Å². The van der Waals surface area contributed by atoms with Crippen molar-refractivity contribution in [3.8, 4) is 17.2 Å². The Morgan fingerprint density at radius 3 is 2.24 bits per heavy atom. The lowest BCUT2D eigenvalue weighted by atomic mass is 10.1. The summed E-state index contributed by atoms with van der Waals surface area (Å²) in [4.78, 5) is 25.2. The smallest absolute Gasteiger partial charge is 0.343 e. The molecule has 3 aromatic rings. The van der Waals surface area contributed by atoms with Crippen molar-refractivity contribution < 1.29 is 23.8 Å². The molecule has 0 saturated carbocycles. The minimum Gasteiger partial charge on any atom is -0.497 e. The molecule has 5 nitrogen and oxygen atoms in total. The largest absolute Gasteiger partial charge is 0.497 e. The SMILES string of the molecule is COc1ccc(C(=O)/C=C/c2ccccc2OC)c(OC(=O)c2ccccc2)c1. The molecule has 0 aliphatic carbocycles. The van der Waals surface area contributed by atoms with Gasteiger partial charge < -0.3 is 14.2 Å². The molecule has 3 aromatic carbocycles. The number of rotatable bonds is 7. The highest BCUT2D eigenvalue weighted by Gasteiger charge is 2.16. The van der Waals surface area contributed by atoms with Crippen molar-refractivity contribution in [2.24, 2.45) is 0 Å². The molecule has 5 heteroatoms. The second kappa shape index (κ2) is 9.37. The molecule has 0 aromatic heterocycles. The summed E-state index contributed by atoms with van der Waals surface area (Å²) in [5, 5.41) is 0. The van der Waals surface area contributed by atoms with Gasteiger partial charge in [0.15, 0.2) is 5.78 Å². The second-order valence-corrected chi connectivity index (χ2v) is 6.06. The first kappa shape index (κ1) is 19.9. The molecule has 3 rings (SSSR count). The van der Waals surface area contributed by atoms with Crippen LogP contribution in [0.15, 0.2) is 78.9 Å². The molecule has 0 heterocycles. The number of benzene rings is 3. The van der Waals surface area contributed by atoms with Crippen LogP contribution in [0.4, 0.5) is 0 Å². The summed E-state index contributed by atoms with van der Waals surface area (Å²) >= 11 is 0. The number of hydrogen-bond acceptors (Lipinski definition) is 5. The molecule has 0 spiro atoms. The summed E-state index contributed by atoms with van der Waals surface area (Å²) in [6, 6.07) is 20.7. The third-order valence-corrected chi connectivity index (χ3v) is 4.22. The topological polar surface area (TPSA) is 61.8 Å². The van der Waals surface area contributed by atoms with Crippen molar-refractivity contribution in [3.05, 3.63) is 95.6 Å². The monoisotopic (exact) mass is 388 g/mol. The van der Waals surface area contributed by atoms with Gasteiger partial charge in [-0.2, -0.15) is 0 Å². The fraction of sp³-hybridized carbons (Fsp3) is 0.0833. The van der Waals surface area contributed by atoms with Crippen LogP contribution in [0.5, 0.6) is 17.2 Å². The van der Waals surface area contributed by atoms with E-state index >= 15 is 0 Å². The van der Waals surface area contributed by atoms with Crippen molar-refractivity contribution in [1.82, 2.24) is 0 Å². The molecule has 29 heavy (non-hydrogen) atoms. The Morgan fingerprint density at radius 2 is 1.52 bits per heavy atom. The molecule has 0 aliphatic heterocycles. The maximum absolute atomic E-state index is 12.8. The van der Waals surface area contributed by atoms with Crippen molar-refractivity contribution >= 4 is 17.8 Å². The summed E-state index contributed by atoms with van der Waals surface area (Å²) < 4.78 is 16.0. The van der Waals surface area contributed by atoms with Crippen LogP contribution in [0, 0.1) is 0 Å². The van der Waals surface area contributed by atoms with Crippen LogP contribution >= 0.6 is 0 Å². The van der Waals surface area contributed by atoms with Gasteiger partial charge in [-0.3, -0.25) is 4.79 Å². The number of carbonyl (C=O) groups is 2. The zero-order valence-electron chi connectivity index (χ0n) is 16.1. The maximum Gasteiger partial charge on any atom is 0.343 e. The highest BCUT2D eigenvalue weighted by molar-refractivity contribution is 6.09. The molecule has 0 bridgehead atoms. The normalized spacial score (nSPS) is 10.6. The summed E-state index contributed by atoms with van der Waals surface area (Å²) in [7, 11) is 3.07. The third kappa shape index (κ3) is 4.90. The van der Waals surface area contributed by atoms with Crippen LogP contribution < -0.4 is 14.2 Å². The fourth-order valence-corrected chi connectivity index (χ4v) is 2.71. The summed E-state index contributed by atoms with van der Waals surface area (Å²) in [6.45, 7) is 0. The molecule has 146 valence electrons. The minimum absolute atomic E-state index is 0.132. The average Bonchev–Trinajstić information content (AvgIpc) is 2.78. The van der Waals surface area contributed by atoms with Gasteiger partial charge in [0.25, 0.3) is 0 Å².